The van der Waals surface area contributed by atoms with E-state index >= 15 is 0 Å². The molecule has 1 aromatic rings. The van der Waals surface area contributed by atoms with E-state index in [-0.39, 0.29) is 12.0 Å². The number of aryl methyl sites for hydroxylation is 1. The zero-order valence-corrected chi connectivity index (χ0v) is 13.0. The number of carboxylic acids is 1. The van der Waals surface area contributed by atoms with Crippen molar-refractivity contribution in [3.8, 4) is 0 Å². The standard InChI is InChI=1S/C16H24N2O3/c1-10(2)9-14(15(19)20)18-16(21)17-12(4)13-7-5-11(3)6-8-13/h5-8,10,12,14H,9H2,1-4H3,(H,19,20)(H2,17,18,21)/t12?,14-/m0/s1. The Morgan fingerprint density at radius 1 is 1.10 bits per heavy atom. The van der Waals surface area contributed by atoms with Crippen LogP contribution in [0.4, 0.5) is 4.79 Å². The first-order valence-electron chi connectivity index (χ1n) is 7.16. The van der Waals surface area contributed by atoms with Gasteiger partial charge in [0.25, 0.3) is 0 Å². The molecule has 1 rings (SSSR count). The molecule has 0 radical (unpaired) electrons. The molecule has 2 amide bonds. The van der Waals surface area contributed by atoms with E-state index in [0.717, 1.165) is 11.1 Å². The molecule has 0 aliphatic rings. The molecular weight excluding hydrogens is 268 g/mol. The Kier molecular flexibility index (Phi) is 6.21. The molecule has 0 aromatic heterocycles. The van der Waals surface area contributed by atoms with Crippen molar-refractivity contribution in [1.29, 1.82) is 0 Å². The van der Waals surface area contributed by atoms with Gasteiger partial charge in [-0.2, -0.15) is 0 Å². The Balaban J connectivity index is 2.59. The summed E-state index contributed by atoms with van der Waals surface area (Å²) in [5.41, 5.74) is 2.13. The van der Waals surface area contributed by atoms with Crippen molar-refractivity contribution >= 4 is 12.0 Å². The SMILES string of the molecule is Cc1ccc(C(C)NC(=O)N[C@@H](CC(C)C)C(=O)O)cc1. The van der Waals surface area contributed by atoms with Gasteiger partial charge in [-0.1, -0.05) is 43.7 Å². The Labute approximate surface area is 125 Å². The molecule has 0 fully saturated rings. The molecule has 0 bridgehead atoms. The highest BCUT2D eigenvalue weighted by Gasteiger charge is 2.21. The smallest absolute Gasteiger partial charge is 0.326 e. The minimum Gasteiger partial charge on any atom is -0.480 e. The monoisotopic (exact) mass is 292 g/mol. The van der Waals surface area contributed by atoms with Crippen LogP contribution >= 0.6 is 0 Å². The Morgan fingerprint density at radius 3 is 2.14 bits per heavy atom. The molecule has 1 unspecified atom stereocenters. The normalized spacial score (nSPS) is 13.6. The topological polar surface area (TPSA) is 78.4 Å². The van der Waals surface area contributed by atoms with Crippen LogP contribution in [0.15, 0.2) is 24.3 Å². The van der Waals surface area contributed by atoms with Crippen molar-refractivity contribution in [1.82, 2.24) is 10.6 Å². The summed E-state index contributed by atoms with van der Waals surface area (Å²) >= 11 is 0. The van der Waals surface area contributed by atoms with Crippen LogP contribution in [0.1, 0.15) is 44.4 Å². The van der Waals surface area contributed by atoms with Gasteiger partial charge >= 0.3 is 12.0 Å². The highest BCUT2D eigenvalue weighted by molar-refractivity contribution is 5.82. The lowest BCUT2D eigenvalue weighted by molar-refractivity contribution is -0.139. The van der Waals surface area contributed by atoms with Crippen LogP contribution in [0.5, 0.6) is 0 Å². The second-order valence-corrected chi connectivity index (χ2v) is 5.77. The number of carbonyl (C=O) groups is 2. The van der Waals surface area contributed by atoms with Crippen molar-refractivity contribution in [2.24, 2.45) is 5.92 Å². The molecule has 0 heterocycles. The van der Waals surface area contributed by atoms with Gasteiger partial charge in [-0.25, -0.2) is 9.59 Å². The fraction of sp³-hybridized carbons (Fsp3) is 0.500. The number of hydrogen-bond donors (Lipinski definition) is 3. The van der Waals surface area contributed by atoms with Crippen molar-refractivity contribution in [2.45, 2.75) is 46.2 Å². The number of benzene rings is 1. The number of aliphatic carboxylic acids is 1. The number of urea groups is 1. The van der Waals surface area contributed by atoms with Gasteiger partial charge in [0.1, 0.15) is 6.04 Å². The lowest BCUT2D eigenvalue weighted by atomic mass is 10.0. The second-order valence-electron chi connectivity index (χ2n) is 5.77. The summed E-state index contributed by atoms with van der Waals surface area (Å²) in [6, 6.07) is 6.34. The first kappa shape index (κ1) is 17.0. The summed E-state index contributed by atoms with van der Waals surface area (Å²) in [4.78, 5) is 23.0. The number of carbonyl (C=O) groups excluding carboxylic acids is 1. The molecule has 21 heavy (non-hydrogen) atoms. The summed E-state index contributed by atoms with van der Waals surface area (Å²) in [6.45, 7) is 7.70. The minimum atomic E-state index is -1.01. The molecule has 0 aliphatic carbocycles. The van der Waals surface area contributed by atoms with Crippen molar-refractivity contribution in [3.05, 3.63) is 35.4 Å². The van der Waals surface area contributed by atoms with Gasteiger partial charge in [0.15, 0.2) is 0 Å². The molecule has 0 saturated carbocycles. The summed E-state index contributed by atoms with van der Waals surface area (Å²) in [5, 5.41) is 14.4. The molecule has 2 atom stereocenters. The first-order valence-corrected chi connectivity index (χ1v) is 7.16. The Hall–Kier alpha value is -2.04. The van der Waals surface area contributed by atoms with E-state index in [2.05, 4.69) is 10.6 Å². The van der Waals surface area contributed by atoms with Crippen molar-refractivity contribution in [3.63, 3.8) is 0 Å². The molecule has 1 aromatic carbocycles. The lowest BCUT2D eigenvalue weighted by Crippen LogP contribution is -2.47. The quantitative estimate of drug-likeness (QED) is 0.754. The first-order chi connectivity index (χ1) is 9.79. The van der Waals surface area contributed by atoms with E-state index in [1.54, 1.807) is 0 Å². The van der Waals surface area contributed by atoms with E-state index < -0.39 is 18.0 Å². The molecular formula is C16H24N2O3. The molecule has 0 saturated heterocycles. The van der Waals surface area contributed by atoms with Gasteiger partial charge in [-0.3, -0.25) is 0 Å². The van der Waals surface area contributed by atoms with Crippen LogP contribution in [0, 0.1) is 12.8 Å². The van der Waals surface area contributed by atoms with Crippen LogP contribution < -0.4 is 10.6 Å². The van der Waals surface area contributed by atoms with Crippen LogP contribution in [-0.4, -0.2) is 23.1 Å². The predicted octanol–water partition coefficient (Wildman–Crippen LogP) is 2.85. The van der Waals surface area contributed by atoms with E-state index in [9.17, 15) is 9.59 Å². The van der Waals surface area contributed by atoms with Crippen molar-refractivity contribution in [2.75, 3.05) is 0 Å². The Morgan fingerprint density at radius 2 is 1.67 bits per heavy atom. The number of carboxylic acid groups (broad SMARTS) is 1. The van der Waals surface area contributed by atoms with Crippen LogP contribution in [0.3, 0.4) is 0 Å². The van der Waals surface area contributed by atoms with E-state index in [1.807, 2.05) is 52.0 Å². The minimum absolute atomic E-state index is 0.181. The largest absolute Gasteiger partial charge is 0.480 e. The maximum Gasteiger partial charge on any atom is 0.326 e. The van der Waals surface area contributed by atoms with Crippen LogP contribution in [-0.2, 0) is 4.79 Å². The average Bonchev–Trinajstić information content (AvgIpc) is 2.37. The summed E-state index contributed by atoms with van der Waals surface area (Å²) in [7, 11) is 0. The number of rotatable bonds is 6. The molecule has 116 valence electrons. The fourth-order valence-electron chi connectivity index (χ4n) is 2.03. The summed E-state index contributed by atoms with van der Waals surface area (Å²) in [6.07, 6.45) is 0.404. The van der Waals surface area contributed by atoms with Crippen molar-refractivity contribution < 1.29 is 14.7 Å². The van der Waals surface area contributed by atoms with E-state index in [1.165, 1.54) is 0 Å². The van der Waals surface area contributed by atoms with E-state index in [0.29, 0.717) is 6.42 Å². The van der Waals surface area contributed by atoms with Crippen LogP contribution in [0.25, 0.3) is 0 Å². The maximum atomic E-state index is 11.9. The third-order valence-corrected chi connectivity index (χ3v) is 3.24. The van der Waals surface area contributed by atoms with Gasteiger partial charge in [-0.15, -0.1) is 0 Å². The summed E-state index contributed by atoms with van der Waals surface area (Å²) < 4.78 is 0. The zero-order valence-electron chi connectivity index (χ0n) is 13.0. The zero-order chi connectivity index (χ0) is 16.0. The fourth-order valence-corrected chi connectivity index (χ4v) is 2.03. The van der Waals surface area contributed by atoms with E-state index in [4.69, 9.17) is 5.11 Å². The number of nitrogens with one attached hydrogen (secondary N) is 2. The lowest BCUT2D eigenvalue weighted by Gasteiger charge is -2.19. The number of hydrogen-bond acceptors (Lipinski definition) is 2. The molecule has 5 heteroatoms. The van der Waals surface area contributed by atoms with Gasteiger partial charge in [0.2, 0.25) is 0 Å². The third kappa shape index (κ3) is 5.85. The third-order valence-electron chi connectivity index (χ3n) is 3.24. The maximum absolute atomic E-state index is 11.9. The molecule has 0 spiro atoms. The molecule has 5 nitrogen and oxygen atoms in total. The van der Waals surface area contributed by atoms with Gasteiger partial charge < -0.3 is 15.7 Å². The number of amides is 2. The average molecular weight is 292 g/mol. The highest BCUT2D eigenvalue weighted by atomic mass is 16.4. The van der Waals surface area contributed by atoms with Crippen LogP contribution in [0.2, 0.25) is 0 Å². The predicted molar refractivity (Wildman–Crippen MR) is 82.1 cm³/mol. The summed E-state index contributed by atoms with van der Waals surface area (Å²) in [5.74, 6) is -0.817. The van der Waals surface area contributed by atoms with Gasteiger partial charge in [-0.05, 0) is 31.7 Å². The van der Waals surface area contributed by atoms with Gasteiger partial charge in [0.05, 0.1) is 6.04 Å². The highest BCUT2D eigenvalue weighted by Crippen LogP contribution is 2.13. The van der Waals surface area contributed by atoms with Gasteiger partial charge in [0, 0.05) is 0 Å². The molecule has 0 aliphatic heterocycles. The Bertz CT molecular complexity index is 483. The second kappa shape index (κ2) is 7.67. The molecule has 3 N–H and O–H groups in total.